The highest BCUT2D eigenvalue weighted by Crippen LogP contribution is 2.18. The third-order valence-corrected chi connectivity index (χ3v) is 3.17. The van der Waals surface area contributed by atoms with Crippen LogP contribution in [0.4, 0.5) is 0 Å². The van der Waals surface area contributed by atoms with Gasteiger partial charge in [0, 0.05) is 17.3 Å². The molecule has 1 N–H and O–H groups in total. The van der Waals surface area contributed by atoms with Gasteiger partial charge in [-0.05, 0) is 24.3 Å². The highest BCUT2D eigenvalue weighted by molar-refractivity contribution is 7.81. The Morgan fingerprint density at radius 2 is 2.12 bits per heavy atom. The fourth-order valence-corrected chi connectivity index (χ4v) is 1.91. The van der Waals surface area contributed by atoms with Crippen LogP contribution in [0.25, 0.3) is 10.8 Å². The molecule has 0 spiro atoms. The number of thiol groups is 1. The largest absolute Gasteiger partial charge is 0.480 e. The lowest BCUT2D eigenvalue weighted by Crippen LogP contribution is -2.14. The summed E-state index contributed by atoms with van der Waals surface area (Å²) in [6, 6.07) is 9.92. The van der Waals surface area contributed by atoms with E-state index in [0.717, 1.165) is 16.5 Å². The van der Waals surface area contributed by atoms with Gasteiger partial charge in [-0.15, -0.1) is 0 Å². The summed E-state index contributed by atoms with van der Waals surface area (Å²) in [4.78, 5) is 15.0. The molecule has 1 atom stereocenters. The number of benzene rings is 1. The van der Waals surface area contributed by atoms with E-state index < -0.39 is 11.2 Å². The smallest absolute Gasteiger partial charge is 0.316 e. The molecule has 1 aromatic carbocycles. The van der Waals surface area contributed by atoms with Crippen LogP contribution in [0.15, 0.2) is 36.5 Å². The van der Waals surface area contributed by atoms with Gasteiger partial charge in [0.15, 0.2) is 0 Å². The van der Waals surface area contributed by atoms with Crippen molar-refractivity contribution in [2.24, 2.45) is 0 Å². The van der Waals surface area contributed by atoms with Crippen LogP contribution in [0.5, 0.6) is 0 Å². The van der Waals surface area contributed by atoms with Crippen molar-refractivity contribution in [3.8, 4) is 0 Å². The second kappa shape index (κ2) is 5.19. The zero-order valence-corrected chi connectivity index (χ0v) is 10.1. The summed E-state index contributed by atoms with van der Waals surface area (Å²) < 4.78 is 0. The van der Waals surface area contributed by atoms with Crippen molar-refractivity contribution in [3.05, 3.63) is 42.2 Å². The van der Waals surface area contributed by atoms with E-state index in [9.17, 15) is 4.79 Å². The molecule has 0 aliphatic heterocycles. The fourth-order valence-electron chi connectivity index (χ4n) is 1.78. The zero-order chi connectivity index (χ0) is 12.3. The van der Waals surface area contributed by atoms with E-state index in [0.29, 0.717) is 12.8 Å². The number of hydrogen-bond acceptors (Lipinski definition) is 3. The van der Waals surface area contributed by atoms with Crippen LogP contribution in [0.2, 0.25) is 0 Å². The van der Waals surface area contributed by atoms with Crippen LogP contribution in [-0.4, -0.2) is 21.3 Å². The van der Waals surface area contributed by atoms with Crippen LogP contribution in [0, 0.1) is 0 Å². The number of fused-ring (bicyclic) bond motifs is 1. The van der Waals surface area contributed by atoms with Gasteiger partial charge >= 0.3 is 5.97 Å². The number of aliphatic carboxylic acids is 1. The maximum absolute atomic E-state index is 10.7. The molecular formula is C13H13NO2S. The maximum atomic E-state index is 10.7. The van der Waals surface area contributed by atoms with Crippen molar-refractivity contribution in [2.75, 3.05) is 0 Å². The minimum atomic E-state index is -0.881. The van der Waals surface area contributed by atoms with Crippen molar-refractivity contribution in [1.29, 1.82) is 0 Å². The van der Waals surface area contributed by atoms with Crippen LogP contribution < -0.4 is 0 Å². The van der Waals surface area contributed by atoms with Gasteiger partial charge in [-0.2, -0.15) is 12.6 Å². The summed E-state index contributed by atoms with van der Waals surface area (Å²) >= 11 is 4.02. The molecular weight excluding hydrogens is 234 g/mol. The predicted octanol–water partition coefficient (Wildman–Crippen LogP) is 2.55. The van der Waals surface area contributed by atoms with Gasteiger partial charge < -0.3 is 5.11 Å². The van der Waals surface area contributed by atoms with E-state index in [4.69, 9.17) is 5.11 Å². The highest BCUT2D eigenvalue weighted by atomic mass is 32.1. The van der Waals surface area contributed by atoms with E-state index in [1.807, 2.05) is 30.3 Å². The summed E-state index contributed by atoms with van der Waals surface area (Å²) in [5.41, 5.74) is 0.934. The standard InChI is InChI=1S/C13H13NO2S/c15-13(16)12(17)6-5-11-10-4-2-1-3-9(10)7-8-14-11/h1-4,7-8,12,17H,5-6H2,(H,15,16). The molecule has 0 amide bonds. The molecule has 0 fully saturated rings. The molecule has 0 saturated carbocycles. The average molecular weight is 247 g/mol. The van der Waals surface area contributed by atoms with Crippen molar-refractivity contribution in [3.63, 3.8) is 0 Å². The molecule has 4 heteroatoms. The minimum Gasteiger partial charge on any atom is -0.480 e. The van der Waals surface area contributed by atoms with Crippen molar-refractivity contribution >= 4 is 29.4 Å². The Kier molecular flexibility index (Phi) is 3.64. The van der Waals surface area contributed by atoms with Crippen molar-refractivity contribution < 1.29 is 9.90 Å². The molecule has 0 bridgehead atoms. The summed E-state index contributed by atoms with van der Waals surface area (Å²) in [5, 5.41) is 10.4. The van der Waals surface area contributed by atoms with Crippen molar-refractivity contribution in [1.82, 2.24) is 4.98 Å². The Morgan fingerprint density at radius 3 is 2.88 bits per heavy atom. The lowest BCUT2D eigenvalue weighted by atomic mass is 10.1. The number of rotatable bonds is 4. The quantitative estimate of drug-likeness (QED) is 0.816. The van der Waals surface area contributed by atoms with Gasteiger partial charge in [0.05, 0.1) is 5.25 Å². The van der Waals surface area contributed by atoms with Crippen LogP contribution in [0.1, 0.15) is 12.1 Å². The number of hydrogen-bond donors (Lipinski definition) is 2. The summed E-state index contributed by atoms with van der Waals surface area (Å²) in [5.74, 6) is -0.881. The number of pyridine rings is 1. The molecule has 88 valence electrons. The number of carboxylic acid groups (broad SMARTS) is 1. The number of aryl methyl sites for hydroxylation is 1. The maximum Gasteiger partial charge on any atom is 0.316 e. The van der Waals surface area contributed by atoms with Gasteiger partial charge in [0.25, 0.3) is 0 Å². The highest BCUT2D eigenvalue weighted by Gasteiger charge is 2.12. The van der Waals surface area contributed by atoms with Crippen molar-refractivity contribution in [2.45, 2.75) is 18.1 Å². The number of carbonyl (C=O) groups is 1. The lowest BCUT2D eigenvalue weighted by molar-refractivity contribution is -0.136. The molecule has 2 rings (SSSR count). The van der Waals surface area contributed by atoms with E-state index >= 15 is 0 Å². The summed E-state index contributed by atoms with van der Waals surface area (Å²) in [6.45, 7) is 0. The third kappa shape index (κ3) is 2.77. The molecule has 1 heterocycles. The molecule has 0 saturated heterocycles. The van der Waals surface area contributed by atoms with Crippen LogP contribution >= 0.6 is 12.6 Å². The molecule has 17 heavy (non-hydrogen) atoms. The molecule has 3 nitrogen and oxygen atoms in total. The first-order chi connectivity index (χ1) is 8.18. The van der Waals surface area contributed by atoms with Gasteiger partial charge in [0.2, 0.25) is 0 Å². The monoisotopic (exact) mass is 247 g/mol. The van der Waals surface area contributed by atoms with E-state index in [1.165, 1.54) is 0 Å². The van der Waals surface area contributed by atoms with Gasteiger partial charge in [-0.3, -0.25) is 9.78 Å². The van der Waals surface area contributed by atoms with Crippen LogP contribution in [0.3, 0.4) is 0 Å². The molecule has 0 radical (unpaired) electrons. The fraction of sp³-hybridized carbons (Fsp3) is 0.231. The summed E-state index contributed by atoms with van der Waals surface area (Å²) in [7, 11) is 0. The van der Waals surface area contributed by atoms with Gasteiger partial charge in [-0.1, -0.05) is 24.3 Å². The second-order valence-electron chi connectivity index (χ2n) is 3.87. The van der Waals surface area contributed by atoms with Gasteiger partial charge in [0.1, 0.15) is 0 Å². The summed E-state index contributed by atoms with van der Waals surface area (Å²) in [6.07, 6.45) is 2.87. The molecule has 0 aliphatic carbocycles. The Morgan fingerprint density at radius 1 is 1.35 bits per heavy atom. The Hall–Kier alpha value is -1.55. The number of nitrogens with zero attached hydrogens (tertiary/aromatic N) is 1. The molecule has 1 aromatic heterocycles. The molecule has 1 unspecified atom stereocenters. The Bertz CT molecular complexity index is 536. The first-order valence-corrected chi connectivity index (χ1v) is 5.93. The van der Waals surface area contributed by atoms with Gasteiger partial charge in [-0.25, -0.2) is 0 Å². The third-order valence-electron chi connectivity index (χ3n) is 2.70. The van der Waals surface area contributed by atoms with E-state index in [-0.39, 0.29) is 0 Å². The lowest BCUT2D eigenvalue weighted by Gasteiger charge is -2.07. The predicted molar refractivity (Wildman–Crippen MR) is 70.5 cm³/mol. The Balaban J connectivity index is 2.21. The average Bonchev–Trinajstić information content (AvgIpc) is 2.35. The topological polar surface area (TPSA) is 50.2 Å². The first kappa shape index (κ1) is 11.9. The second-order valence-corrected chi connectivity index (χ2v) is 4.49. The first-order valence-electron chi connectivity index (χ1n) is 5.42. The molecule has 0 aliphatic rings. The zero-order valence-electron chi connectivity index (χ0n) is 9.21. The van der Waals surface area contributed by atoms with E-state index in [2.05, 4.69) is 17.6 Å². The molecule has 2 aromatic rings. The minimum absolute atomic E-state index is 0.486. The Labute approximate surface area is 105 Å². The van der Waals surface area contributed by atoms with Crippen LogP contribution in [-0.2, 0) is 11.2 Å². The number of aromatic nitrogens is 1. The van der Waals surface area contributed by atoms with E-state index in [1.54, 1.807) is 6.20 Å². The number of carboxylic acids is 1. The SMILES string of the molecule is O=C(O)C(S)CCc1nccc2ccccc12. The normalized spacial score (nSPS) is 12.5.